The fourth-order valence-corrected chi connectivity index (χ4v) is 4.22. The molecule has 2 rings (SSSR count). The summed E-state index contributed by atoms with van der Waals surface area (Å²) in [4.78, 5) is 8.96. The third kappa shape index (κ3) is 8.10. The fraction of sp³-hybridized carbons (Fsp3) is 0.588. The third-order valence-electron chi connectivity index (χ3n) is 4.14. The van der Waals surface area contributed by atoms with Crippen LogP contribution in [-0.2, 0) is 16.4 Å². The Morgan fingerprint density at radius 3 is 2.46 bits per heavy atom. The predicted octanol–water partition coefficient (Wildman–Crippen LogP) is 2.19. The lowest BCUT2D eigenvalue weighted by Crippen LogP contribution is -2.42. The van der Waals surface area contributed by atoms with E-state index in [0.717, 1.165) is 30.1 Å². The smallest absolute Gasteiger partial charge is 0.194 e. The first kappa shape index (κ1) is 23.6. The Hall–Kier alpha value is -0.390. The molecule has 0 atom stereocenters. The Morgan fingerprint density at radius 2 is 1.88 bits per heavy atom. The maximum absolute atomic E-state index is 11.5. The summed E-state index contributed by atoms with van der Waals surface area (Å²) in [7, 11) is -0.793. The SMILES string of the molecule is CCNC(=NCCN1CCS(=O)(=O)CC1)N(C)Cc1ccc(Br)cc1.I. The molecule has 148 valence electrons. The number of hydrogen-bond donors (Lipinski definition) is 1. The van der Waals surface area contributed by atoms with Gasteiger partial charge in [0.05, 0.1) is 18.1 Å². The van der Waals surface area contributed by atoms with Gasteiger partial charge in [-0.1, -0.05) is 28.1 Å². The monoisotopic (exact) mass is 558 g/mol. The summed E-state index contributed by atoms with van der Waals surface area (Å²) in [5.74, 6) is 1.40. The number of nitrogens with one attached hydrogen (secondary N) is 1. The number of nitrogens with zero attached hydrogens (tertiary/aromatic N) is 3. The topological polar surface area (TPSA) is 65.0 Å². The summed E-state index contributed by atoms with van der Waals surface area (Å²) in [6.07, 6.45) is 0. The summed E-state index contributed by atoms with van der Waals surface area (Å²) in [5.41, 5.74) is 1.22. The average Bonchev–Trinajstić information content (AvgIpc) is 2.57. The van der Waals surface area contributed by atoms with E-state index < -0.39 is 9.84 Å². The molecule has 0 spiro atoms. The van der Waals surface area contributed by atoms with Crippen molar-refractivity contribution in [1.82, 2.24) is 15.1 Å². The zero-order chi connectivity index (χ0) is 18.3. The zero-order valence-electron chi connectivity index (χ0n) is 15.3. The van der Waals surface area contributed by atoms with Gasteiger partial charge < -0.3 is 10.2 Å². The molecule has 0 saturated carbocycles. The van der Waals surface area contributed by atoms with Gasteiger partial charge in [0.25, 0.3) is 0 Å². The molecule has 0 bridgehead atoms. The Labute approximate surface area is 182 Å². The molecule has 1 aromatic carbocycles. The van der Waals surface area contributed by atoms with Crippen LogP contribution in [0.3, 0.4) is 0 Å². The van der Waals surface area contributed by atoms with Crippen LogP contribution < -0.4 is 5.32 Å². The fourth-order valence-electron chi connectivity index (χ4n) is 2.68. The number of sulfone groups is 1. The molecule has 1 saturated heterocycles. The minimum absolute atomic E-state index is 0. The number of hydrogen-bond acceptors (Lipinski definition) is 4. The van der Waals surface area contributed by atoms with Gasteiger partial charge in [0.15, 0.2) is 15.8 Å². The lowest BCUT2D eigenvalue weighted by molar-refractivity contribution is 0.303. The number of rotatable bonds is 6. The average molecular weight is 559 g/mol. The standard InChI is InChI=1S/C17H27BrN4O2S.HI/c1-3-19-17(21(2)14-15-4-6-16(18)7-5-15)20-8-9-22-10-12-25(23,24)13-11-22;/h4-7H,3,8-14H2,1-2H3,(H,19,20);1H. The molecule has 6 nitrogen and oxygen atoms in total. The molecule has 1 fully saturated rings. The van der Waals surface area contributed by atoms with Gasteiger partial charge in [0.1, 0.15) is 0 Å². The van der Waals surface area contributed by atoms with Crippen molar-refractivity contribution in [2.45, 2.75) is 13.5 Å². The molecule has 0 amide bonds. The molecule has 1 N–H and O–H groups in total. The molecule has 1 aliphatic heterocycles. The number of benzene rings is 1. The highest BCUT2D eigenvalue weighted by Crippen LogP contribution is 2.12. The van der Waals surface area contributed by atoms with E-state index in [1.807, 2.05) is 19.2 Å². The van der Waals surface area contributed by atoms with Crippen molar-refractivity contribution in [3.8, 4) is 0 Å². The van der Waals surface area contributed by atoms with E-state index in [0.29, 0.717) is 19.6 Å². The molecule has 1 aromatic rings. The van der Waals surface area contributed by atoms with Gasteiger partial charge in [0.2, 0.25) is 0 Å². The third-order valence-corrected chi connectivity index (χ3v) is 6.28. The van der Waals surface area contributed by atoms with Crippen LogP contribution in [0.5, 0.6) is 0 Å². The van der Waals surface area contributed by atoms with Crippen molar-refractivity contribution in [1.29, 1.82) is 0 Å². The van der Waals surface area contributed by atoms with Crippen LogP contribution in [0, 0.1) is 0 Å². The molecular weight excluding hydrogens is 531 g/mol. The quantitative estimate of drug-likeness (QED) is 0.329. The van der Waals surface area contributed by atoms with Crippen LogP contribution in [0.1, 0.15) is 12.5 Å². The van der Waals surface area contributed by atoms with Crippen LogP contribution in [-0.4, -0.2) is 75.5 Å². The highest BCUT2D eigenvalue weighted by atomic mass is 127. The summed E-state index contributed by atoms with van der Waals surface area (Å²) < 4.78 is 24.0. The van der Waals surface area contributed by atoms with Crippen LogP contribution in [0.2, 0.25) is 0 Å². The van der Waals surface area contributed by atoms with Gasteiger partial charge in [-0.3, -0.25) is 9.89 Å². The zero-order valence-corrected chi connectivity index (χ0v) is 20.1. The maximum atomic E-state index is 11.5. The molecular formula is C17H28BrIN4O2S. The van der Waals surface area contributed by atoms with Gasteiger partial charge in [-0.25, -0.2) is 8.42 Å². The molecule has 9 heteroatoms. The second-order valence-corrected chi connectivity index (χ2v) is 9.43. The van der Waals surface area contributed by atoms with E-state index in [9.17, 15) is 8.42 Å². The molecule has 0 unspecified atom stereocenters. The van der Waals surface area contributed by atoms with Crippen molar-refractivity contribution < 1.29 is 8.42 Å². The predicted molar refractivity (Wildman–Crippen MR) is 122 cm³/mol. The second kappa shape index (κ2) is 11.5. The largest absolute Gasteiger partial charge is 0.357 e. The van der Waals surface area contributed by atoms with Gasteiger partial charge in [0, 0.05) is 44.2 Å². The molecule has 0 aliphatic carbocycles. The summed E-state index contributed by atoms with van der Waals surface area (Å²) in [5, 5.41) is 3.32. The number of aliphatic imine (C=N–C) groups is 1. The van der Waals surface area contributed by atoms with E-state index in [4.69, 9.17) is 0 Å². The first-order valence-corrected chi connectivity index (χ1v) is 11.2. The molecule has 0 radical (unpaired) electrons. The molecule has 0 aromatic heterocycles. The van der Waals surface area contributed by atoms with E-state index in [1.165, 1.54) is 5.56 Å². The maximum Gasteiger partial charge on any atom is 0.194 e. The minimum Gasteiger partial charge on any atom is -0.357 e. The molecule has 1 heterocycles. The Bertz CT molecular complexity index is 669. The summed E-state index contributed by atoms with van der Waals surface area (Å²) in [6, 6.07) is 8.27. The first-order chi connectivity index (χ1) is 11.9. The lowest BCUT2D eigenvalue weighted by atomic mass is 10.2. The first-order valence-electron chi connectivity index (χ1n) is 8.56. The Morgan fingerprint density at radius 1 is 1.27 bits per heavy atom. The van der Waals surface area contributed by atoms with Gasteiger partial charge in [-0.05, 0) is 24.6 Å². The van der Waals surface area contributed by atoms with E-state index in [2.05, 4.69) is 55.1 Å². The van der Waals surface area contributed by atoms with E-state index in [1.54, 1.807) is 0 Å². The number of guanidine groups is 1. The van der Waals surface area contributed by atoms with Gasteiger partial charge in [-0.15, -0.1) is 24.0 Å². The van der Waals surface area contributed by atoms with Crippen molar-refractivity contribution >= 4 is 55.7 Å². The van der Waals surface area contributed by atoms with Crippen LogP contribution in [0.25, 0.3) is 0 Å². The van der Waals surface area contributed by atoms with Crippen molar-refractivity contribution in [2.75, 3.05) is 51.3 Å². The van der Waals surface area contributed by atoms with Crippen molar-refractivity contribution in [3.05, 3.63) is 34.3 Å². The Kier molecular flexibility index (Phi) is 10.4. The lowest BCUT2D eigenvalue weighted by Gasteiger charge is -2.26. The molecule has 26 heavy (non-hydrogen) atoms. The van der Waals surface area contributed by atoms with E-state index >= 15 is 0 Å². The second-order valence-electron chi connectivity index (χ2n) is 6.21. The summed E-state index contributed by atoms with van der Waals surface area (Å²) >= 11 is 3.45. The van der Waals surface area contributed by atoms with Crippen LogP contribution >= 0.6 is 39.9 Å². The van der Waals surface area contributed by atoms with Gasteiger partial charge in [-0.2, -0.15) is 0 Å². The van der Waals surface area contributed by atoms with Crippen LogP contribution in [0.4, 0.5) is 0 Å². The van der Waals surface area contributed by atoms with Crippen LogP contribution in [0.15, 0.2) is 33.7 Å². The normalized spacial score (nSPS) is 17.4. The van der Waals surface area contributed by atoms with Crippen molar-refractivity contribution in [2.24, 2.45) is 4.99 Å². The highest BCUT2D eigenvalue weighted by molar-refractivity contribution is 14.0. The minimum atomic E-state index is -2.82. The number of halogens is 2. The van der Waals surface area contributed by atoms with Gasteiger partial charge >= 0.3 is 0 Å². The van der Waals surface area contributed by atoms with E-state index in [-0.39, 0.29) is 35.5 Å². The molecule has 1 aliphatic rings. The Balaban J connectivity index is 0.00000338. The van der Waals surface area contributed by atoms with Crippen molar-refractivity contribution in [3.63, 3.8) is 0 Å². The summed E-state index contributed by atoms with van der Waals surface area (Å²) in [6.45, 7) is 6.32. The highest BCUT2D eigenvalue weighted by Gasteiger charge is 2.20.